The lowest BCUT2D eigenvalue weighted by Gasteiger charge is -2.28. The van der Waals surface area contributed by atoms with E-state index >= 15 is 0 Å². The largest absolute Gasteiger partial charge is 0.322 e. The fraction of sp³-hybridized carbons (Fsp3) is 0.350. The van der Waals surface area contributed by atoms with Crippen LogP contribution in [-0.2, 0) is 19.6 Å². The van der Waals surface area contributed by atoms with Crippen LogP contribution in [0.15, 0.2) is 29.8 Å². The van der Waals surface area contributed by atoms with Crippen LogP contribution < -0.4 is 15.5 Å². The van der Waals surface area contributed by atoms with E-state index in [2.05, 4.69) is 17.2 Å². The molecule has 2 aliphatic rings. The molecular formula is C20H21FN4O5S. The predicted octanol–water partition coefficient (Wildman–Crippen LogP) is 0.330. The summed E-state index contributed by atoms with van der Waals surface area (Å²) in [5, 5.41) is 4.38. The van der Waals surface area contributed by atoms with Gasteiger partial charge in [0.1, 0.15) is 11.4 Å². The van der Waals surface area contributed by atoms with Crippen LogP contribution in [0.5, 0.6) is 0 Å². The molecule has 2 N–H and O–H groups in total. The highest BCUT2D eigenvalue weighted by Crippen LogP contribution is 2.20. The lowest BCUT2D eigenvalue weighted by Crippen LogP contribution is -2.52. The molecule has 1 aromatic carbocycles. The lowest BCUT2D eigenvalue weighted by molar-refractivity contribution is -0.122. The van der Waals surface area contributed by atoms with Gasteiger partial charge in [0.2, 0.25) is 16.4 Å². The minimum atomic E-state index is -3.82. The second-order valence-electron chi connectivity index (χ2n) is 7.50. The number of amides is 4. The number of halogens is 1. The number of rotatable bonds is 5. The maximum Gasteiger partial charge on any atom is 0.322 e. The summed E-state index contributed by atoms with van der Waals surface area (Å²) in [6.07, 6.45) is 2.56. The van der Waals surface area contributed by atoms with Crippen LogP contribution >= 0.6 is 0 Å². The van der Waals surface area contributed by atoms with Gasteiger partial charge in [-0.1, -0.05) is 17.9 Å². The van der Waals surface area contributed by atoms with Gasteiger partial charge in [-0.3, -0.25) is 14.9 Å². The number of sulfonamides is 1. The van der Waals surface area contributed by atoms with E-state index in [4.69, 9.17) is 0 Å². The molecule has 0 radical (unpaired) electrons. The maximum absolute atomic E-state index is 13.8. The molecule has 3 rings (SSSR count). The van der Waals surface area contributed by atoms with Crippen molar-refractivity contribution >= 4 is 34.1 Å². The molecule has 164 valence electrons. The zero-order valence-corrected chi connectivity index (χ0v) is 17.8. The van der Waals surface area contributed by atoms with Crippen molar-refractivity contribution < 1.29 is 27.2 Å². The summed E-state index contributed by atoms with van der Waals surface area (Å²) < 4.78 is 40.4. The summed E-state index contributed by atoms with van der Waals surface area (Å²) in [4.78, 5) is 35.3. The van der Waals surface area contributed by atoms with Gasteiger partial charge in [-0.05, 0) is 31.5 Å². The van der Waals surface area contributed by atoms with Gasteiger partial charge in [-0.15, -0.1) is 0 Å². The number of urea groups is 1. The third kappa shape index (κ3) is 5.10. The molecule has 0 bridgehead atoms. The van der Waals surface area contributed by atoms with Gasteiger partial charge in [0.05, 0.1) is 5.75 Å². The van der Waals surface area contributed by atoms with Crippen LogP contribution in [-0.4, -0.2) is 62.5 Å². The second-order valence-corrected chi connectivity index (χ2v) is 9.47. The van der Waals surface area contributed by atoms with Crippen LogP contribution in [0.1, 0.15) is 18.9 Å². The zero-order chi connectivity index (χ0) is 22.8. The van der Waals surface area contributed by atoms with E-state index in [1.165, 1.54) is 35.3 Å². The SMILES string of the molecule is CN(C=O)c1cc(F)cc(C#CC2=CCN(S(=O)(=O)C[C@@]3(C)NC(=O)NC3=O)CC2)c1. The molecule has 4 amide bonds. The quantitative estimate of drug-likeness (QED) is 0.383. The third-order valence-electron chi connectivity index (χ3n) is 4.97. The minimum absolute atomic E-state index is 0.0697. The van der Waals surface area contributed by atoms with E-state index < -0.39 is 39.1 Å². The Labute approximate surface area is 179 Å². The lowest BCUT2D eigenvalue weighted by atomic mass is 10.1. The van der Waals surface area contributed by atoms with Gasteiger partial charge in [-0.25, -0.2) is 17.6 Å². The van der Waals surface area contributed by atoms with Gasteiger partial charge < -0.3 is 10.2 Å². The van der Waals surface area contributed by atoms with Crippen molar-refractivity contribution in [2.75, 3.05) is 30.8 Å². The average Bonchev–Trinajstić information content (AvgIpc) is 2.95. The first-order valence-corrected chi connectivity index (χ1v) is 10.9. The fourth-order valence-corrected chi connectivity index (χ4v) is 5.00. The Bertz CT molecular complexity index is 1140. The smallest absolute Gasteiger partial charge is 0.322 e. The van der Waals surface area contributed by atoms with Crippen LogP contribution in [0.2, 0.25) is 0 Å². The van der Waals surface area contributed by atoms with Gasteiger partial charge in [0, 0.05) is 37.0 Å². The summed E-state index contributed by atoms with van der Waals surface area (Å²) in [7, 11) is -2.32. The number of nitrogens with one attached hydrogen (secondary N) is 2. The average molecular weight is 448 g/mol. The molecule has 0 spiro atoms. The van der Waals surface area contributed by atoms with Crippen LogP contribution in [0, 0.1) is 17.7 Å². The molecule has 2 heterocycles. The van der Waals surface area contributed by atoms with Crippen LogP contribution in [0.3, 0.4) is 0 Å². The highest BCUT2D eigenvalue weighted by atomic mass is 32.2. The summed E-state index contributed by atoms with van der Waals surface area (Å²) in [6.45, 7) is 1.59. The molecule has 2 aliphatic heterocycles. The number of carbonyl (C=O) groups is 3. The molecule has 0 aromatic heterocycles. The molecule has 11 heteroatoms. The Morgan fingerprint density at radius 2 is 2.03 bits per heavy atom. The predicted molar refractivity (Wildman–Crippen MR) is 111 cm³/mol. The van der Waals surface area contributed by atoms with E-state index in [1.54, 1.807) is 12.1 Å². The van der Waals surface area contributed by atoms with Crippen LogP contribution in [0.4, 0.5) is 14.9 Å². The first-order chi connectivity index (χ1) is 14.5. The minimum Gasteiger partial charge on any atom is -0.322 e. The van der Waals surface area contributed by atoms with Crippen molar-refractivity contribution in [3.8, 4) is 11.8 Å². The van der Waals surface area contributed by atoms with E-state index in [0.29, 0.717) is 29.7 Å². The summed E-state index contributed by atoms with van der Waals surface area (Å²) >= 11 is 0. The van der Waals surface area contributed by atoms with E-state index in [9.17, 15) is 27.2 Å². The zero-order valence-electron chi connectivity index (χ0n) is 16.9. The van der Waals surface area contributed by atoms with Crippen molar-refractivity contribution in [1.82, 2.24) is 14.9 Å². The summed E-state index contributed by atoms with van der Waals surface area (Å²) in [5.74, 6) is 3.98. The molecule has 0 unspecified atom stereocenters. The Balaban J connectivity index is 1.70. The van der Waals surface area contributed by atoms with Crippen molar-refractivity contribution in [1.29, 1.82) is 0 Å². The second kappa shape index (κ2) is 8.49. The molecule has 0 aliphatic carbocycles. The van der Waals surface area contributed by atoms with Gasteiger partial charge in [0.25, 0.3) is 5.91 Å². The van der Waals surface area contributed by atoms with Crippen molar-refractivity contribution in [2.45, 2.75) is 18.9 Å². The van der Waals surface area contributed by atoms with E-state index in [0.717, 1.165) is 0 Å². The normalized spacial score (nSPS) is 21.5. The maximum atomic E-state index is 13.8. The van der Waals surface area contributed by atoms with Crippen molar-refractivity contribution in [3.63, 3.8) is 0 Å². The number of hydrogen-bond acceptors (Lipinski definition) is 5. The number of hydrogen-bond donors (Lipinski definition) is 2. The van der Waals surface area contributed by atoms with E-state index in [-0.39, 0.29) is 13.1 Å². The molecule has 1 saturated heterocycles. The highest BCUT2D eigenvalue weighted by molar-refractivity contribution is 7.89. The Morgan fingerprint density at radius 1 is 1.29 bits per heavy atom. The van der Waals surface area contributed by atoms with Crippen molar-refractivity contribution in [2.24, 2.45) is 0 Å². The van der Waals surface area contributed by atoms with Crippen molar-refractivity contribution in [3.05, 3.63) is 41.2 Å². The number of carbonyl (C=O) groups excluding carboxylic acids is 3. The molecular weight excluding hydrogens is 427 g/mol. The van der Waals surface area contributed by atoms with Gasteiger partial charge in [-0.2, -0.15) is 4.31 Å². The van der Waals surface area contributed by atoms with Gasteiger partial charge in [0.15, 0.2) is 0 Å². The first-order valence-electron chi connectivity index (χ1n) is 9.34. The Hall–Kier alpha value is -3.23. The Morgan fingerprint density at radius 3 is 2.61 bits per heavy atom. The third-order valence-corrected chi connectivity index (χ3v) is 7.03. The number of anilines is 1. The Kier molecular flexibility index (Phi) is 6.15. The van der Waals surface area contributed by atoms with Crippen LogP contribution in [0.25, 0.3) is 0 Å². The topological polar surface area (TPSA) is 116 Å². The summed E-state index contributed by atoms with van der Waals surface area (Å²) in [6, 6.07) is 3.32. The summed E-state index contributed by atoms with van der Waals surface area (Å²) in [5.41, 5.74) is -0.0795. The highest BCUT2D eigenvalue weighted by Gasteiger charge is 2.46. The molecule has 1 aromatic rings. The molecule has 9 nitrogen and oxygen atoms in total. The molecule has 0 saturated carbocycles. The van der Waals surface area contributed by atoms with E-state index in [1.807, 2.05) is 5.32 Å². The monoisotopic (exact) mass is 448 g/mol. The first kappa shape index (κ1) is 22.5. The fourth-order valence-electron chi connectivity index (χ4n) is 3.22. The number of nitrogens with zero attached hydrogens (tertiary/aromatic N) is 2. The standard InChI is InChI=1S/C20H21FN4O5S/c1-20(18(27)22-19(28)23-20)12-31(29,30)25-7-5-14(6-8-25)3-4-15-9-16(21)11-17(10-15)24(2)13-26/h5,9-11,13H,6-8,12H2,1-2H3,(H2,22,23,27,28)/t20-/m1/s1. The molecule has 1 atom stereocenters. The molecule has 31 heavy (non-hydrogen) atoms. The van der Waals surface area contributed by atoms with Gasteiger partial charge >= 0.3 is 6.03 Å². The number of imide groups is 1. The number of benzene rings is 1. The molecule has 1 fully saturated rings.